The van der Waals surface area contributed by atoms with Crippen LogP contribution in [0.4, 0.5) is 0 Å². The van der Waals surface area contributed by atoms with E-state index in [0.29, 0.717) is 19.4 Å². The van der Waals surface area contributed by atoms with Crippen LogP contribution < -0.4 is 0 Å². The molecule has 0 aliphatic carbocycles. The van der Waals surface area contributed by atoms with E-state index in [0.717, 1.165) is 15.9 Å². The van der Waals surface area contributed by atoms with Crippen LogP contribution in [0.5, 0.6) is 0 Å². The number of nitrogens with zero attached hydrogens (tertiary/aromatic N) is 2. The van der Waals surface area contributed by atoms with Crippen LogP contribution in [-0.2, 0) is 9.84 Å². The molecule has 112 valence electrons. The SMILES string of the molecule is O=[N+]([O-])N1CCCC(S(=O)(=O)c2cc3ccccc3[nH]2)C1. The number of sulfone groups is 1. The topological polar surface area (TPSA) is 96.3 Å². The summed E-state index contributed by atoms with van der Waals surface area (Å²) < 4.78 is 25.3. The van der Waals surface area contributed by atoms with Crippen LogP contribution in [0.2, 0.25) is 0 Å². The molecule has 0 bridgehead atoms. The van der Waals surface area contributed by atoms with Crippen LogP contribution in [0, 0.1) is 10.1 Å². The number of rotatable bonds is 3. The van der Waals surface area contributed by atoms with E-state index in [9.17, 15) is 18.5 Å². The number of hydrazine groups is 1. The quantitative estimate of drug-likeness (QED) is 0.686. The zero-order valence-electron chi connectivity index (χ0n) is 11.2. The molecule has 0 amide bonds. The van der Waals surface area contributed by atoms with Crippen LogP contribution >= 0.6 is 0 Å². The molecular formula is C13H15N3O4S. The lowest BCUT2D eigenvalue weighted by molar-refractivity contribution is -0.657. The highest BCUT2D eigenvalue weighted by Crippen LogP contribution is 2.26. The van der Waals surface area contributed by atoms with Crippen LogP contribution in [0.1, 0.15) is 12.8 Å². The van der Waals surface area contributed by atoms with Crippen LogP contribution in [0.15, 0.2) is 35.4 Å². The van der Waals surface area contributed by atoms with Gasteiger partial charge in [0.05, 0.1) is 18.3 Å². The Kier molecular flexibility index (Phi) is 3.32. The number of hydrogen-bond donors (Lipinski definition) is 1. The Balaban J connectivity index is 1.94. The number of para-hydroxylation sites is 1. The molecule has 3 rings (SSSR count). The van der Waals surface area contributed by atoms with Gasteiger partial charge in [0.2, 0.25) is 0 Å². The summed E-state index contributed by atoms with van der Waals surface area (Å²) in [4.78, 5) is 13.7. The van der Waals surface area contributed by atoms with Gasteiger partial charge in [0.25, 0.3) is 0 Å². The van der Waals surface area contributed by atoms with Gasteiger partial charge in [-0.3, -0.25) is 0 Å². The Morgan fingerprint density at radius 1 is 1.33 bits per heavy atom. The van der Waals surface area contributed by atoms with Crippen LogP contribution in [0.3, 0.4) is 0 Å². The largest absolute Gasteiger partial charge is 0.346 e. The summed E-state index contributed by atoms with van der Waals surface area (Å²) in [5.41, 5.74) is 0.748. The third kappa shape index (κ3) is 2.46. The van der Waals surface area contributed by atoms with Gasteiger partial charge in [-0.2, -0.15) is 0 Å². The molecule has 1 aliphatic heterocycles. The fraction of sp³-hybridized carbons (Fsp3) is 0.385. The van der Waals surface area contributed by atoms with Gasteiger partial charge in [-0.15, -0.1) is 5.01 Å². The number of nitro groups is 1. The van der Waals surface area contributed by atoms with E-state index in [-0.39, 0.29) is 11.6 Å². The van der Waals surface area contributed by atoms with Gasteiger partial charge >= 0.3 is 0 Å². The monoisotopic (exact) mass is 309 g/mol. The van der Waals surface area contributed by atoms with E-state index in [4.69, 9.17) is 0 Å². The Hall–Kier alpha value is -2.09. The molecule has 0 spiro atoms. The summed E-state index contributed by atoms with van der Waals surface area (Å²) in [5, 5.41) is 11.5. The molecule has 2 aromatic rings. The van der Waals surface area contributed by atoms with Crippen molar-refractivity contribution >= 4 is 20.7 Å². The van der Waals surface area contributed by atoms with Crippen molar-refractivity contribution in [3.8, 4) is 0 Å². The lowest BCUT2D eigenvalue weighted by atomic mass is 10.1. The summed E-state index contributed by atoms with van der Waals surface area (Å²) in [6, 6.07) is 8.88. The van der Waals surface area contributed by atoms with Gasteiger partial charge in [-0.25, -0.2) is 18.5 Å². The van der Waals surface area contributed by atoms with E-state index in [2.05, 4.69) is 4.98 Å². The summed E-state index contributed by atoms with van der Waals surface area (Å²) in [6.07, 6.45) is 0.952. The molecular weight excluding hydrogens is 294 g/mol. The minimum Gasteiger partial charge on any atom is -0.346 e. The van der Waals surface area contributed by atoms with E-state index in [1.807, 2.05) is 18.2 Å². The standard InChI is InChI=1S/C13H15N3O4S/c17-16(18)15-7-3-5-11(9-15)21(19,20)13-8-10-4-1-2-6-12(10)14-13/h1-2,4,6,8,11,14H,3,5,7,9H2. The molecule has 1 saturated heterocycles. The third-order valence-electron chi connectivity index (χ3n) is 3.84. The first kappa shape index (κ1) is 13.9. The molecule has 0 radical (unpaired) electrons. The van der Waals surface area contributed by atoms with Crippen molar-refractivity contribution in [3.05, 3.63) is 40.4 Å². The number of benzene rings is 1. The maximum Gasteiger partial charge on any atom is 0.198 e. The van der Waals surface area contributed by atoms with Crippen molar-refractivity contribution in [3.63, 3.8) is 0 Å². The smallest absolute Gasteiger partial charge is 0.198 e. The normalized spacial score (nSPS) is 19.8. The number of nitrogens with one attached hydrogen (secondary N) is 1. The first-order valence-corrected chi connectivity index (χ1v) is 8.24. The van der Waals surface area contributed by atoms with E-state index >= 15 is 0 Å². The summed E-state index contributed by atoms with van der Waals surface area (Å²) >= 11 is 0. The van der Waals surface area contributed by atoms with Crippen molar-refractivity contribution in [1.29, 1.82) is 0 Å². The van der Waals surface area contributed by atoms with Gasteiger partial charge in [0, 0.05) is 10.9 Å². The highest BCUT2D eigenvalue weighted by atomic mass is 32.2. The van der Waals surface area contributed by atoms with E-state index < -0.39 is 20.1 Å². The lowest BCUT2D eigenvalue weighted by Gasteiger charge is -2.26. The van der Waals surface area contributed by atoms with Gasteiger partial charge in [0.1, 0.15) is 5.03 Å². The molecule has 21 heavy (non-hydrogen) atoms. The molecule has 0 saturated carbocycles. The predicted molar refractivity (Wildman–Crippen MR) is 77.1 cm³/mol. The number of hydrogen-bond acceptors (Lipinski definition) is 4. The van der Waals surface area contributed by atoms with Crippen LogP contribution in [0.25, 0.3) is 10.9 Å². The number of aromatic nitrogens is 1. The first-order valence-electron chi connectivity index (χ1n) is 6.69. The minimum atomic E-state index is -3.59. The highest BCUT2D eigenvalue weighted by Gasteiger charge is 2.36. The lowest BCUT2D eigenvalue weighted by Crippen LogP contribution is -2.45. The van der Waals surface area contributed by atoms with Crippen molar-refractivity contribution in [2.45, 2.75) is 23.1 Å². The fourth-order valence-electron chi connectivity index (χ4n) is 2.70. The molecule has 2 heterocycles. The van der Waals surface area contributed by atoms with Crippen LogP contribution in [-0.4, -0.2) is 41.8 Å². The zero-order chi connectivity index (χ0) is 15.0. The number of piperidine rings is 1. The van der Waals surface area contributed by atoms with Crippen molar-refractivity contribution in [1.82, 2.24) is 9.99 Å². The summed E-state index contributed by atoms with van der Waals surface area (Å²) in [7, 11) is -3.59. The molecule has 1 N–H and O–H groups in total. The van der Waals surface area contributed by atoms with Gasteiger partial charge in [-0.05, 0) is 25.0 Å². The molecule has 8 heteroatoms. The number of H-pyrrole nitrogens is 1. The zero-order valence-corrected chi connectivity index (χ0v) is 12.0. The molecule has 1 atom stereocenters. The predicted octanol–water partition coefficient (Wildman–Crippen LogP) is 1.60. The van der Waals surface area contributed by atoms with Gasteiger partial charge < -0.3 is 4.98 Å². The average molecular weight is 309 g/mol. The molecule has 1 aromatic carbocycles. The highest BCUT2D eigenvalue weighted by molar-refractivity contribution is 7.92. The second kappa shape index (κ2) is 5.03. The second-order valence-electron chi connectivity index (χ2n) is 5.18. The van der Waals surface area contributed by atoms with E-state index in [1.54, 1.807) is 12.1 Å². The maximum absolute atomic E-state index is 12.6. The third-order valence-corrected chi connectivity index (χ3v) is 5.93. The molecule has 7 nitrogen and oxygen atoms in total. The van der Waals surface area contributed by atoms with Gasteiger partial charge in [0.15, 0.2) is 14.9 Å². The first-order chi connectivity index (χ1) is 9.98. The minimum absolute atomic E-state index is 0.0648. The Labute approximate surface area is 121 Å². The Morgan fingerprint density at radius 3 is 2.81 bits per heavy atom. The maximum atomic E-state index is 12.6. The number of aromatic amines is 1. The van der Waals surface area contributed by atoms with E-state index in [1.165, 1.54) is 0 Å². The fourth-order valence-corrected chi connectivity index (χ4v) is 4.45. The molecule has 1 unspecified atom stereocenters. The summed E-state index contributed by atoms with van der Waals surface area (Å²) in [5.74, 6) is 0. The Bertz CT molecular complexity index is 751. The van der Waals surface area contributed by atoms with Crippen molar-refractivity contribution in [2.75, 3.05) is 13.1 Å². The molecule has 1 fully saturated rings. The molecule has 1 aromatic heterocycles. The van der Waals surface area contributed by atoms with Crippen molar-refractivity contribution in [2.24, 2.45) is 0 Å². The summed E-state index contributed by atoms with van der Waals surface area (Å²) in [6.45, 7) is 0.233. The molecule has 1 aliphatic rings. The average Bonchev–Trinajstić information content (AvgIpc) is 2.92. The number of fused-ring (bicyclic) bond motifs is 1. The Morgan fingerprint density at radius 2 is 2.10 bits per heavy atom. The second-order valence-corrected chi connectivity index (χ2v) is 7.38. The van der Waals surface area contributed by atoms with Crippen molar-refractivity contribution < 1.29 is 13.5 Å². The van der Waals surface area contributed by atoms with Gasteiger partial charge in [-0.1, -0.05) is 18.2 Å².